The van der Waals surface area contributed by atoms with Crippen molar-refractivity contribution >= 4 is 12.0 Å². The molecule has 118 valence electrons. The van der Waals surface area contributed by atoms with Crippen LogP contribution in [0.15, 0.2) is 18.2 Å². The van der Waals surface area contributed by atoms with Gasteiger partial charge in [0.1, 0.15) is 18.0 Å². The third-order valence-corrected chi connectivity index (χ3v) is 2.33. The summed E-state index contributed by atoms with van der Waals surface area (Å²) in [7, 11) is 1.41. The monoisotopic (exact) mass is 313 g/mol. The van der Waals surface area contributed by atoms with Crippen LogP contribution in [0.5, 0.6) is 0 Å². The fourth-order valence-electron chi connectivity index (χ4n) is 1.40. The second-order valence-corrected chi connectivity index (χ2v) is 3.95. The minimum Gasteiger partial charge on any atom is -0.463 e. The van der Waals surface area contributed by atoms with Gasteiger partial charge < -0.3 is 9.47 Å². The zero-order chi connectivity index (χ0) is 16.6. The lowest BCUT2D eigenvalue weighted by Gasteiger charge is -2.07. The summed E-state index contributed by atoms with van der Waals surface area (Å²) >= 11 is 0. The van der Waals surface area contributed by atoms with E-state index in [0.29, 0.717) is 0 Å². The van der Waals surface area contributed by atoms with Crippen molar-refractivity contribution in [3.05, 3.63) is 35.2 Å². The largest absolute Gasteiger partial charge is 0.463 e. The van der Waals surface area contributed by atoms with E-state index in [1.165, 1.54) is 19.3 Å². The van der Waals surface area contributed by atoms with Crippen molar-refractivity contribution in [2.45, 2.75) is 13.1 Å². The van der Waals surface area contributed by atoms with Crippen molar-refractivity contribution in [2.24, 2.45) is 0 Å². The summed E-state index contributed by atoms with van der Waals surface area (Å²) in [4.78, 5) is 14.7. The normalized spacial score (nSPS) is 11.1. The molecular formula is C15H14F3NO3. The van der Waals surface area contributed by atoms with Crippen LogP contribution in [0, 0.1) is 11.8 Å². The summed E-state index contributed by atoms with van der Waals surface area (Å²) in [6.07, 6.45) is -2.15. The van der Waals surface area contributed by atoms with Gasteiger partial charge in [0.2, 0.25) is 0 Å². The van der Waals surface area contributed by atoms with Gasteiger partial charge in [-0.15, -0.1) is 0 Å². The molecule has 1 rings (SSSR count). The second-order valence-electron chi connectivity index (χ2n) is 3.95. The number of ether oxygens (including phenoxy) is 2. The summed E-state index contributed by atoms with van der Waals surface area (Å²) in [5, 5.41) is 0. The average Bonchev–Trinajstić information content (AvgIpc) is 2.45. The van der Waals surface area contributed by atoms with Crippen molar-refractivity contribution in [1.29, 1.82) is 0 Å². The van der Waals surface area contributed by atoms with Gasteiger partial charge >= 0.3 is 12.1 Å². The number of hydrogen-bond donors (Lipinski definition) is 0. The quantitative estimate of drug-likeness (QED) is 0.487. The van der Waals surface area contributed by atoms with Crippen molar-refractivity contribution in [1.82, 2.24) is 4.98 Å². The van der Waals surface area contributed by atoms with Gasteiger partial charge in [-0.3, -0.25) is 0 Å². The lowest BCUT2D eigenvalue weighted by molar-refractivity contribution is -0.141. The maximum Gasteiger partial charge on any atom is 0.433 e. The Morgan fingerprint density at radius 2 is 2.14 bits per heavy atom. The minimum atomic E-state index is -4.57. The van der Waals surface area contributed by atoms with Gasteiger partial charge in [0.25, 0.3) is 0 Å². The first kappa shape index (κ1) is 17.7. The molecule has 7 heteroatoms. The Kier molecular flexibility index (Phi) is 6.60. The number of alkyl halides is 3. The molecule has 4 nitrogen and oxygen atoms in total. The molecule has 0 atom stereocenters. The molecule has 0 radical (unpaired) electrons. The Hall–Kier alpha value is -2.33. The molecule has 0 saturated carbocycles. The van der Waals surface area contributed by atoms with Gasteiger partial charge in [0, 0.05) is 18.7 Å². The Morgan fingerprint density at radius 3 is 2.73 bits per heavy atom. The summed E-state index contributed by atoms with van der Waals surface area (Å²) in [5.41, 5.74) is -0.861. The molecular weight excluding hydrogens is 299 g/mol. The van der Waals surface area contributed by atoms with Gasteiger partial charge in [0.15, 0.2) is 0 Å². The van der Waals surface area contributed by atoms with E-state index in [0.717, 1.165) is 12.1 Å². The van der Waals surface area contributed by atoms with Gasteiger partial charge in [0.05, 0.1) is 6.61 Å². The zero-order valence-electron chi connectivity index (χ0n) is 12.0. The van der Waals surface area contributed by atoms with E-state index in [4.69, 9.17) is 9.47 Å². The number of rotatable bonds is 4. The van der Waals surface area contributed by atoms with Crippen molar-refractivity contribution in [2.75, 3.05) is 20.3 Å². The Balaban J connectivity index is 3.15. The van der Waals surface area contributed by atoms with Crippen LogP contribution in [0.25, 0.3) is 6.08 Å². The SMILES string of the molecule is CCOC(=O)/C=C/c1ccc(C(F)(F)F)nc1C#CCOC. The molecule has 0 spiro atoms. The van der Waals surface area contributed by atoms with Crippen LogP contribution in [-0.2, 0) is 20.4 Å². The van der Waals surface area contributed by atoms with Crippen LogP contribution in [0.2, 0.25) is 0 Å². The molecule has 0 aliphatic rings. The molecule has 1 aromatic heterocycles. The summed E-state index contributed by atoms with van der Waals surface area (Å²) in [6.45, 7) is 1.90. The van der Waals surface area contributed by atoms with E-state index in [1.54, 1.807) is 6.92 Å². The van der Waals surface area contributed by atoms with Crippen molar-refractivity contribution in [3.8, 4) is 11.8 Å². The standard InChI is InChI=1S/C15H14F3NO3/c1-3-22-14(20)9-7-11-6-8-13(15(16,17)18)19-12(11)5-4-10-21-2/h6-9H,3,10H2,1-2H3/b9-7+. The highest BCUT2D eigenvalue weighted by molar-refractivity contribution is 5.87. The maximum atomic E-state index is 12.7. The first-order valence-electron chi connectivity index (χ1n) is 6.29. The average molecular weight is 313 g/mol. The fraction of sp³-hybridized carbons (Fsp3) is 0.333. The van der Waals surface area contributed by atoms with Crippen LogP contribution in [0.1, 0.15) is 23.9 Å². The predicted molar refractivity (Wildman–Crippen MR) is 73.7 cm³/mol. The molecule has 0 aliphatic heterocycles. The van der Waals surface area contributed by atoms with Crippen LogP contribution >= 0.6 is 0 Å². The van der Waals surface area contributed by atoms with E-state index in [-0.39, 0.29) is 24.5 Å². The number of carbonyl (C=O) groups is 1. The molecule has 0 N–H and O–H groups in total. The van der Waals surface area contributed by atoms with E-state index in [9.17, 15) is 18.0 Å². The highest BCUT2D eigenvalue weighted by atomic mass is 19.4. The molecule has 0 aliphatic carbocycles. The molecule has 1 aromatic rings. The third kappa shape index (κ3) is 5.58. The van der Waals surface area contributed by atoms with Crippen LogP contribution < -0.4 is 0 Å². The smallest absolute Gasteiger partial charge is 0.433 e. The Labute approximate surface area is 125 Å². The molecule has 22 heavy (non-hydrogen) atoms. The van der Waals surface area contributed by atoms with E-state index < -0.39 is 17.8 Å². The van der Waals surface area contributed by atoms with Crippen LogP contribution in [-0.4, -0.2) is 31.3 Å². The predicted octanol–water partition coefficient (Wildman–Crippen LogP) is 2.67. The summed E-state index contributed by atoms with van der Waals surface area (Å²) in [5.74, 6) is 4.43. The number of hydrogen-bond acceptors (Lipinski definition) is 4. The minimum absolute atomic E-state index is 0.0545. The molecule has 0 bridgehead atoms. The Morgan fingerprint density at radius 1 is 1.41 bits per heavy atom. The lowest BCUT2D eigenvalue weighted by atomic mass is 10.1. The Bertz CT molecular complexity index is 613. The molecule has 0 fully saturated rings. The maximum absolute atomic E-state index is 12.7. The molecule has 0 unspecified atom stereocenters. The van der Waals surface area contributed by atoms with E-state index >= 15 is 0 Å². The van der Waals surface area contributed by atoms with Crippen molar-refractivity contribution in [3.63, 3.8) is 0 Å². The first-order valence-corrected chi connectivity index (χ1v) is 6.29. The summed E-state index contributed by atoms with van der Waals surface area (Å²) in [6, 6.07) is 2.02. The highest BCUT2D eigenvalue weighted by Gasteiger charge is 2.32. The lowest BCUT2D eigenvalue weighted by Crippen LogP contribution is -2.09. The number of halogens is 3. The van der Waals surface area contributed by atoms with Gasteiger partial charge in [-0.05, 0) is 31.1 Å². The van der Waals surface area contributed by atoms with Gasteiger partial charge in [-0.2, -0.15) is 13.2 Å². The molecule has 0 aromatic carbocycles. The third-order valence-electron chi connectivity index (χ3n) is 2.33. The van der Waals surface area contributed by atoms with Crippen LogP contribution in [0.3, 0.4) is 0 Å². The topological polar surface area (TPSA) is 48.4 Å². The second kappa shape index (κ2) is 8.20. The van der Waals surface area contributed by atoms with E-state index in [2.05, 4.69) is 16.8 Å². The molecule has 0 amide bonds. The first-order chi connectivity index (χ1) is 10.4. The fourth-order valence-corrected chi connectivity index (χ4v) is 1.40. The number of carbonyl (C=O) groups excluding carboxylic acids is 1. The zero-order valence-corrected chi connectivity index (χ0v) is 12.0. The number of nitrogens with zero attached hydrogens (tertiary/aromatic N) is 1. The summed E-state index contributed by atoms with van der Waals surface area (Å²) < 4.78 is 47.4. The number of pyridine rings is 1. The van der Waals surface area contributed by atoms with Gasteiger partial charge in [-0.25, -0.2) is 9.78 Å². The van der Waals surface area contributed by atoms with E-state index in [1.807, 2.05) is 0 Å². The van der Waals surface area contributed by atoms with Crippen molar-refractivity contribution < 1.29 is 27.4 Å². The number of esters is 1. The molecule has 1 heterocycles. The highest BCUT2D eigenvalue weighted by Crippen LogP contribution is 2.28. The number of methoxy groups -OCH3 is 1. The molecule has 0 saturated heterocycles. The number of aromatic nitrogens is 1. The van der Waals surface area contributed by atoms with Gasteiger partial charge in [-0.1, -0.05) is 5.92 Å². The van der Waals surface area contributed by atoms with Crippen LogP contribution in [0.4, 0.5) is 13.2 Å².